The van der Waals surface area contributed by atoms with Gasteiger partial charge in [0.1, 0.15) is 5.69 Å². The maximum absolute atomic E-state index is 12.3. The molecule has 1 saturated carbocycles. The van der Waals surface area contributed by atoms with E-state index in [0.717, 1.165) is 37.7 Å². The quantitative estimate of drug-likeness (QED) is 0.832. The zero-order chi connectivity index (χ0) is 16.7. The molecule has 1 aliphatic heterocycles. The minimum atomic E-state index is -4.35. The second kappa shape index (κ2) is 8.52. The van der Waals surface area contributed by atoms with Gasteiger partial charge in [-0.2, -0.15) is 13.2 Å². The van der Waals surface area contributed by atoms with Crippen molar-refractivity contribution in [2.45, 2.75) is 63.6 Å². The van der Waals surface area contributed by atoms with Crippen molar-refractivity contribution in [1.29, 1.82) is 0 Å². The lowest BCUT2D eigenvalue weighted by atomic mass is 9.97. The molecule has 3 rings (SSSR count). The number of hydrogen-bond acceptors (Lipinski definition) is 3. The molecular weight excluding hydrogens is 303 g/mol. The van der Waals surface area contributed by atoms with Gasteiger partial charge in [-0.3, -0.25) is 0 Å². The maximum atomic E-state index is 12.3. The summed E-state index contributed by atoms with van der Waals surface area (Å²) in [5.41, 5.74) is 5.59. The Kier molecular flexibility index (Phi) is 6.69. The standard InChI is InChI=1S/C11H13F3N2.C6H13N/c12-11(13,14)10-5-4-9(8-15-10)16-6-2-1-3-7-16;7-6-4-2-1-3-5-6/h4-5,8H,1-3,6-7H2;6H,1-5,7H2. The van der Waals surface area contributed by atoms with E-state index in [0.29, 0.717) is 6.04 Å². The van der Waals surface area contributed by atoms with Crippen molar-refractivity contribution < 1.29 is 13.2 Å². The topological polar surface area (TPSA) is 42.2 Å². The van der Waals surface area contributed by atoms with Crippen LogP contribution in [-0.4, -0.2) is 24.1 Å². The lowest BCUT2D eigenvalue weighted by Crippen LogP contribution is -2.29. The van der Waals surface area contributed by atoms with Crippen molar-refractivity contribution >= 4 is 5.69 Å². The van der Waals surface area contributed by atoms with Crippen LogP contribution in [0.2, 0.25) is 0 Å². The molecule has 0 aromatic carbocycles. The van der Waals surface area contributed by atoms with Crippen molar-refractivity contribution in [3.8, 4) is 0 Å². The highest BCUT2D eigenvalue weighted by atomic mass is 19.4. The van der Waals surface area contributed by atoms with Gasteiger partial charge < -0.3 is 10.6 Å². The van der Waals surface area contributed by atoms with Crippen molar-refractivity contribution in [3.63, 3.8) is 0 Å². The first-order chi connectivity index (χ1) is 11.0. The minimum absolute atomic E-state index is 0.536. The Morgan fingerprint density at radius 3 is 2.00 bits per heavy atom. The fourth-order valence-electron chi connectivity index (χ4n) is 3.03. The van der Waals surface area contributed by atoms with Crippen LogP contribution >= 0.6 is 0 Å². The van der Waals surface area contributed by atoms with Crippen LogP contribution in [0.15, 0.2) is 18.3 Å². The molecule has 3 nitrogen and oxygen atoms in total. The number of piperidine rings is 1. The van der Waals surface area contributed by atoms with Gasteiger partial charge in [0.25, 0.3) is 0 Å². The Bertz CT molecular complexity index is 447. The van der Waals surface area contributed by atoms with Crippen LogP contribution in [0.5, 0.6) is 0 Å². The Hall–Kier alpha value is -1.30. The van der Waals surface area contributed by atoms with Crippen molar-refractivity contribution in [2.75, 3.05) is 18.0 Å². The molecule has 0 radical (unpaired) electrons. The van der Waals surface area contributed by atoms with Gasteiger partial charge in [0, 0.05) is 19.1 Å². The Balaban J connectivity index is 0.000000229. The van der Waals surface area contributed by atoms with Crippen LogP contribution in [-0.2, 0) is 6.18 Å². The summed E-state index contributed by atoms with van der Waals surface area (Å²) in [6.07, 6.45) is 7.03. The van der Waals surface area contributed by atoms with E-state index in [2.05, 4.69) is 9.88 Å². The molecule has 6 heteroatoms. The monoisotopic (exact) mass is 329 g/mol. The summed E-state index contributed by atoms with van der Waals surface area (Å²) in [6, 6.07) is 3.08. The third kappa shape index (κ3) is 6.01. The first-order valence-electron chi connectivity index (χ1n) is 8.50. The zero-order valence-corrected chi connectivity index (χ0v) is 13.5. The summed E-state index contributed by atoms with van der Waals surface area (Å²) in [6.45, 7) is 1.82. The van der Waals surface area contributed by atoms with Gasteiger partial charge in [-0.15, -0.1) is 0 Å². The van der Waals surface area contributed by atoms with E-state index in [4.69, 9.17) is 5.73 Å². The molecule has 0 spiro atoms. The molecule has 1 aromatic heterocycles. The number of aromatic nitrogens is 1. The summed E-state index contributed by atoms with van der Waals surface area (Å²) in [5, 5.41) is 0. The van der Waals surface area contributed by atoms with Gasteiger partial charge in [0.2, 0.25) is 0 Å². The molecule has 2 fully saturated rings. The SMILES string of the molecule is FC(F)(F)c1ccc(N2CCCCC2)cn1.NC1CCCCC1. The van der Waals surface area contributed by atoms with Crippen molar-refractivity contribution in [1.82, 2.24) is 4.98 Å². The molecule has 0 atom stereocenters. The smallest absolute Gasteiger partial charge is 0.370 e. The third-order valence-corrected chi connectivity index (χ3v) is 4.41. The molecular formula is C17H26F3N3. The molecule has 2 N–H and O–H groups in total. The second-order valence-electron chi connectivity index (χ2n) is 6.35. The Morgan fingerprint density at radius 2 is 1.57 bits per heavy atom. The van der Waals surface area contributed by atoms with Crippen LogP contribution < -0.4 is 10.6 Å². The largest absolute Gasteiger partial charge is 0.433 e. The van der Waals surface area contributed by atoms with E-state index < -0.39 is 11.9 Å². The highest BCUT2D eigenvalue weighted by Crippen LogP contribution is 2.29. The number of rotatable bonds is 1. The maximum Gasteiger partial charge on any atom is 0.433 e. The lowest BCUT2D eigenvalue weighted by Gasteiger charge is -2.28. The highest BCUT2D eigenvalue weighted by Gasteiger charge is 2.32. The van der Waals surface area contributed by atoms with E-state index in [9.17, 15) is 13.2 Å². The summed E-state index contributed by atoms with van der Waals surface area (Å²) >= 11 is 0. The van der Waals surface area contributed by atoms with Gasteiger partial charge >= 0.3 is 6.18 Å². The van der Waals surface area contributed by atoms with E-state index in [1.165, 1.54) is 50.8 Å². The van der Waals surface area contributed by atoms with Crippen LogP contribution in [0.4, 0.5) is 18.9 Å². The van der Waals surface area contributed by atoms with Crippen LogP contribution in [0.1, 0.15) is 57.1 Å². The number of alkyl halides is 3. The summed E-state index contributed by atoms with van der Waals surface area (Å²) in [4.78, 5) is 5.54. The first-order valence-corrected chi connectivity index (χ1v) is 8.50. The normalized spacial score (nSPS) is 19.9. The van der Waals surface area contributed by atoms with Crippen LogP contribution in [0, 0.1) is 0 Å². The van der Waals surface area contributed by atoms with Crippen LogP contribution in [0.25, 0.3) is 0 Å². The number of anilines is 1. The van der Waals surface area contributed by atoms with Gasteiger partial charge in [-0.05, 0) is 44.2 Å². The molecule has 23 heavy (non-hydrogen) atoms. The fourth-order valence-corrected chi connectivity index (χ4v) is 3.03. The fraction of sp³-hybridized carbons (Fsp3) is 0.706. The van der Waals surface area contributed by atoms with Gasteiger partial charge in [-0.25, -0.2) is 4.98 Å². The predicted molar refractivity (Wildman–Crippen MR) is 86.4 cm³/mol. The highest BCUT2D eigenvalue weighted by molar-refractivity contribution is 5.45. The summed E-state index contributed by atoms with van der Waals surface area (Å²) < 4.78 is 36.9. The number of halogens is 3. The lowest BCUT2D eigenvalue weighted by molar-refractivity contribution is -0.141. The summed E-state index contributed by atoms with van der Waals surface area (Å²) in [7, 11) is 0. The first kappa shape index (κ1) is 18.0. The van der Waals surface area contributed by atoms with E-state index >= 15 is 0 Å². The molecule has 0 bridgehead atoms. The molecule has 1 aliphatic carbocycles. The van der Waals surface area contributed by atoms with Crippen LogP contribution in [0.3, 0.4) is 0 Å². The number of nitrogens with two attached hydrogens (primary N) is 1. The summed E-state index contributed by atoms with van der Waals surface area (Å²) in [5.74, 6) is 0. The molecule has 0 amide bonds. The van der Waals surface area contributed by atoms with Gasteiger partial charge in [0.05, 0.1) is 11.9 Å². The molecule has 2 aliphatic rings. The van der Waals surface area contributed by atoms with E-state index in [1.54, 1.807) is 0 Å². The number of nitrogens with zero attached hydrogens (tertiary/aromatic N) is 2. The van der Waals surface area contributed by atoms with Gasteiger partial charge in [0.15, 0.2) is 0 Å². The predicted octanol–water partition coefficient (Wildman–Crippen LogP) is 4.37. The van der Waals surface area contributed by atoms with E-state index in [-0.39, 0.29) is 0 Å². The molecule has 1 aromatic rings. The van der Waals surface area contributed by atoms with Gasteiger partial charge in [-0.1, -0.05) is 19.3 Å². The number of hydrogen-bond donors (Lipinski definition) is 1. The average Bonchev–Trinajstić information content (AvgIpc) is 2.56. The Labute approximate surface area is 136 Å². The Morgan fingerprint density at radius 1 is 0.957 bits per heavy atom. The molecule has 0 unspecified atom stereocenters. The zero-order valence-electron chi connectivity index (χ0n) is 13.5. The third-order valence-electron chi connectivity index (χ3n) is 4.41. The van der Waals surface area contributed by atoms with E-state index in [1.807, 2.05) is 0 Å². The van der Waals surface area contributed by atoms with Crippen molar-refractivity contribution in [2.24, 2.45) is 5.73 Å². The molecule has 2 heterocycles. The molecule has 130 valence electrons. The molecule has 1 saturated heterocycles. The minimum Gasteiger partial charge on any atom is -0.370 e. The number of pyridine rings is 1. The second-order valence-corrected chi connectivity index (χ2v) is 6.35. The van der Waals surface area contributed by atoms with Crippen molar-refractivity contribution in [3.05, 3.63) is 24.0 Å². The average molecular weight is 329 g/mol.